The molecule has 106 valence electrons. The van der Waals surface area contributed by atoms with Crippen molar-refractivity contribution in [2.75, 3.05) is 18.8 Å². The molecular weight excluding hydrogens is 292 g/mol. The van der Waals surface area contributed by atoms with Crippen LogP contribution in [-0.2, 0) is 6.54 Å². The van der Waals surface area contributed by atoms with Crippen molar-refractivity contribution in [2.45, 2.75) is 19.4 Å². The summed E-state index contributed by atoms with van der Waals surface area (Å²) in [7, 11) is 0. The summed E-state index contributed by atoms with van der Waals surface area (Å²) in [5, 5.41) is 0. The van der Waals surface area contributed by atoms with E-state index in [0.29, 0.717) is 12.1 Å². The Bertz CT molecular complexity index is 671. The number of rotatable bonds is 3. The van der Waals surface area contributed by atoms with Crippen LogP contribution in [0.4, 0.5) is 0 Å². The minimum atomic E-state index is -0.293. The van der Waals surface area contributed by atoms with Crippen molar-refractivity contribution in [3.05, 3.63) is 34.8 Å². The first-order valence-electron chi connectivity index (χ1n) is 6.76. The van der Waals surface area contributed by atoms with Crippen molar-refractivity contribution < 1.29 is 4.42 Å². The molecule has 0 unspecified atom stereocenters. The van der Waals surface area contributed by atoms with Crippen molar-refractivity contribution in [1.29, 1.82) is 0 Å². The van der Waals surface area contributed by atoms with E-state index < -0.39 is 0 Å². The number of thioether (sulfide) groups is 1. The molecule has 1 aliphatic heterocycles. The van der Waals surface area contributed by atoms with Crippen LogP contribution < -0.4 is 5.76 Å². The molecule has 3 rings (SSSR count). The average molecular weight is 308 g/mol. The van der Waals surface area contributed by atoms with E-state index in [9.17, 15) is 4.79 Å². The van der Waals surface area contributed by atoms with Crippen LogP contribution in [0.15, 0.2) is 33.5 Å². The van der Waals surface area contributed by atoms with Crippen molar-refractivity contribution in [3.8, 4) is 0 Å². The summed E-state index contributed by atoms with van der Waals surface area (Å²) >= 11 is 7.06. The molecule has 20 heavy (non-hydrogen) atoms. The van der Waals surface area contributed by atoms with Gasteiger partial charge in [0.1, 0.15) is 4.32 Å². The number of benzene rings is 1. The van der Waals surface area contributed by atoms with Crippen LogP contribution in [0.3, 0.4) is 0 Å². The van der Waals surface area contributed by atoms with Crippen LogP contribution >= 0.6 is 24.0 Å². The molecule has 2 heterocycles. The number of nitrogens with zero attached hydrogens (tertiary/aromatic N) is 2. The predicted molar refractivity (Wildman–Crippen MR) is 86.3 cm³/mol. The predicted octanol–water partition coefficient (Wildman–Crippen LogP) is 2.71. The standard InChI is InChI=1S/C14H16N2O2S2/c17-13-16(11-5-1-2-6-12(11)18-13)9-10-20-14(19)15-7-3-4-8-15/h1-2,5-6H,3-4,7-10H2. The summed E-state index contributed by atoms with van der Waals surface area (Å²) in [6.45, 7) is 2.76. The number of aryl methyl sites for hydroxylation is 1. The second-order valence-electron chi connectivity index (χ2n) is 4.80. The van der Waals surface area contributed by atoms with Crippen LogP contribution in [0.5, 0.6) is 0 Å². The SMILES string of the molecule is O=c1oc2ccccc2n1CCSC(=S)N1CCCC1. The first kappa shape index (κ1) is 13.7. The third-order valence-electron chi connectivity index (χ3n) is 3.48. The largest absolute Gasteiger partial charge is 0.419 e. The molecule has 0 saturated carbocycles. The van der Waals surface area contributed by atoms with Gasteiger partial charge in [0.15, 0.2) is 5.58 Å². The van der Waals surface area contributed by atoms with E-state index in [1.165, 1.54) is 12.8 Å². The molecule has 2 aromatic rings. The fraction of sp³-hybridized carbons (Fsp3) is 0.429. The lowest BCUT2D eigenvalue weighted by molar-refractivity contribution is 0.514. The number of likely N-dealkylation sites (tertiary alicyclic amines) is 1. The van der Waals surface area contributed by atoms with Gasteiger partial charge in [0, 0.05) is 25.4 Å². The second-order valence-corrected chi connectivity index (χ2v) is 6.52. The van der Waals surface area contributed by atoms with E-state index in [1.54, 1.807) is 16.3 Å². The second kappa shape index (κ2) is 6.01. The first-order chi connectivity index (χ1) is 9.75. The van der Waals surface area contributed by atoms with Gasteiger partial charge in [-0.2, -0.15) is 0 Å². The minimum Gasteiger partial charge on any atom is -0.408 e. The van der Waals surface area contributed by atoms with Gasteiger partial charge < -0.3 is 9.32 Å². The number of hydrogen-bond acceptors (Lipinski definition) is 4. The highest BCUT2D eigenvalue weighted by atomic mass is 32.2. The molecule has 1 fully saturated rings. The highest BCUT2D eigenvalue weighted by Crippen LogP contribution is 2.17. The molecule has 1 aliphatic rings. The molecular formula is C14H16N2O2S2. The highest BCUT2D eigenvalue weighted by Gasteiger charge is 2.15. The summed E-state index contributed by atoms with van der Waals surface area (Å²) < 4.78 is 7.83. The number of oxazole rings is 1. The van der Waals surface area contributed by atoms with Gasteiger partial charge in [-0.25, -0.2) is 4.79 Å². The summed E-state index contributed by atoms with van der Waals surface area (Å²) in [6, 6.07) is 7.50. The van der Waals surface area contributed by atoms with Gasteiger partial charge in [0.05, 0.1) is 5.52 Å². The molecule has 0 spiro atoms. The minimum absolute atomic E-state index is 0.293. The molecule has 4 nitrogen and oxygen atoms in total. The Morgan fingerprint density at radius 3 is 2.85 bits per heavy atom. The molecule has 1 saturated heterocycles. The fourth-order valence-electron chi connectivity index (χ4n) is 2.44. The lowest BCUT2D eigenvalue weighted by Crippen LogP contribution is -2.24. The van der Waals surface area contributed by atoms with Crippen LogP contribution in [0.1, 0.15) is 12.8 Å². The number of aromatic nitrogens is 1. The third-order valence-corrected chi connectivity index (χ3v) is 4.98. The van der Waals surface area contributed by atoms with E-state index in [2.05, 4.69) is 4.90 Å². The van der Waals surface area contributed by atoms with Gasteiger partial charge in [0.25, 0.3) is 0 Å². The Kier molecular flexibility index (Phi) is 4.12. The highest BCUT2D eigenvalue weighted by molar-refractivity contribution is 8.22. The smallest absolute Gasteiger partial charge is 0.408 e. The number of para-hydroxylation sites is 2. The molecule has 0 atom stereocenters. The average Bonchev–Trinajstić information content (AvgIpc) is 3.07. The normalized spacial score (nSPS) is 15.1. The zero-order valence-electron chi connectivity index (χ0n) is 11.1. The summed E-state index contributed by atoms with van der Waals surface area (Å²) in [4.78, 5) is 14.1. The van der Waals surface area contributed by atoms with Gasteiger partial charge in [-0.1, -0.05) is 36.1 Å². The Morgan fingerprint density at radius 2 is 2.05 bits per heavy atom. The molecule has 0 bridgehead atoms. The summed E-state index contributed by atoms with van der Waals surface area (Å²) in [6.07, 6.45) is 2.46. The van der Waals surface area contributed by atoms with Gasteiger partial charge in [-0.05, 0) is 25.0 Å². The van der Waals surface area contributed by atoms with E-state index in [0.717, 1.165) is 28.7 Å². The fourth-order valence-corrected chi connectivity index (χ4v) is 3.69. The van der Waals surface area contributed by atoms with Gasteiger partial charge in [-0.3, -0.25) is 4.57 Å². The Balaban J connectivity index is 1.64. The Labute approximate surface area is 126 Å². The monoisotopic (exact) mass is 308 g/mol. The van der Waals surface area contributed by atoms with E-state index in [4.69, 9.17) is 16.6 Å². The lowest BCUT2D eigenvalue weighted by Gasteiger charge is -2.17. The molecule has 6 heteroatoms. The van der Waals surface area contributed by atoms with Crippen molar-refractivity contribution in [1.82, 2.24) is 9.47 Å². The maximum absolute atomic E-state index is 11.8. The lowest BCUT2D eigenvalue weighted by atomic mass is 10.3. The van der Waals surface area contributed by atoms with Crippen LogP contribution in [0, 0.1) is 0 Å². The summed E-state index contributed by atoms with van der Waals surface area (Å²) in [5.74, 6) is 0.498. The first-order valence-corrected chi connectivity index (χ1v) is 8.15. The Morgan fingerprint density at radius 1 is 1.30 bits per heavy atom. The van der Waals surface area contributed by atoms with Crippen LogP contribution in [0.2, 0.25) is 0 Å². The Hall–Kier alpha value is -1.27. The van der Waals surface area contributed by atoms with Crippen LogP contribution in [-0.4, -0.2) is 32.6 Å². The molecule has 0 aliphatic carbocycles. The molecule has 1 aromatic carbocycles. The van der Waals surface area contributed by atoms with Crippen molar-refractivity contribution >= 4 is 39.4 Å². The van der Waals surface area contributed by atoms with Gasteiger partial charge in [-0.15, -0.1) is 0 Å². The maximum Gasteiger partial charge on any atom is 0.419 e. The van der Waals surface area contributed by atoms with Gasteiger partial charge in [0.2, 0.25) is 0 Å². The van der Waals surface area contributed by atoms with Crippen molar-refractivity contribution in [2.24, 2.45) is 0 Å². The number of hydrogen-bond donors (Lipinski definition) is 0. The summed E-state index contributed by atoms with van der Waals surface area (Å²) in [5.41, 5.74) is 1.50. The molecule has 0 N–H and O–H groups in total. The van der Waals surface area contributed by atoms with Crippen molar-refractivity contribution in [3.63, 3.8) is 0 Å². The molecule has 0 radical (unpaired) electrons. The topological polar surface area (TPSA) is 38.4 Å². The van der Waals surface area contributed by atoms with Crippen LogP contribution in [0.25, 0.3) is 11.1 Å². The zero-order chi connectivity index (χ0) is 13.9. The maximum atomic E-state index is 11.8. The van der Waals surface area contributed by atoms with E-state index >= 15 is 0 Å². The zero-order valence-corrected chi connectivity index (χ0v) is 12.7. The third kappa shape index (κ3) is 2.76. The number of thiocarbonyl (C=S) groups is 1. The van der Waals surface area contributed by atoms with E-state index in [1.807, 2.05) is 24.3 Å². The van der Waals surface area contributed by atoms with Gasteiger partial charge >= 0.3 is 5.76 Å². The number of fused-ring (bicyclic) bond motifs is 1. The molecule has 0 amide bonds. The van der Waals surface area contributed by atoms with E-state index in [-0.39, 0.29) is 5.76 Å². The quantitative estimate of drug-likeness (QED) is 0.815. The molecule has 1 aromatic heterocycles.